The lowest BCUT2D eigenvalue weighted by Crippen LogP contribution is -2.18. The second-order valence-electron chi connectivity index (χ2n) is 4.17. The quantitative estimate of drug-likeness (QED) is 0.619. The molecule has 3 nitrogen and oxygen atoms in total. The number of para-hydroxylation sites is 1. The number of nitrogens with one attached hydrogen (secondary N) is 1. The van der Waals surface area contributed by atoms with Crippen molar-refractivity contribution in [3.8, 4) is 12.3 Å². The molecule has 3 heteroatoms. The maximum atomic E-state index is 5.40. The van der Waals surface area contributed by atoms with Gasteiger partial charge in [0, 0.05) is 37.3 Å². The van der Waals surface area contributed by atoms with Gasteiger partial charge in [0.1, 0.15) is 0 Å². The summed E-state index contributed by atoms with van der Waals surface area (Å²) in [5.74, 6) is 2.69. The third kappa shape index (κ3) is 2.73. The molecular weight excluding hydrogens is 224 g/mol. The molecule has 0 amide bonds. The normalized spacial score (nSPS) is 10.7. The van der Waals surface area contributed by atoms with Gasteiger partial charge >= 0.3 is 0 Å². The van der Waals surface area contributed by atoms with Crippen LogP contribution in [-0.4, -0.2) is 24.8 Å². The van der Waals surface area contributed by atoms with E-state index in [9.17, 15) is 0 Å². The Labute approximate surface area is 108 Å². The molecule has 2 aromatic rings. The Morgan fingerprint density at radius 2 is 2.22 bits per heavy atom. The van der Waals surface area contributed by atoms with Gasteiger partial charge < -0.3 is 14.6 Å². The van der Waals surface area contributed by atoms with E-state index >= 15 is 0 Å². The van der Waals surface area contributed by atoms with Crippen LogP contribution in [-0.2, 0) is 17.8 Å². The number of fused-ring (bicyclic) bond motifs is 1. The molecule has 0 spiro atoms. The van der Waals surface area contributed by atoms with E-state index in [1.54, 1.807) is 7.11 Å². The largest absolute Gasteiger partial charge is 0.383 e. The molecule has 0 unspecified atom stereocenters. The molecule has 1 aromatic carbocycles. The van der Waals surface area contributed by atoms with Crippen LogP contribution < -0.4 is 5.32 Å². The number of benzene rings is 1. The Bertz CT molecular complexity index is 551. The first kappa shape index (κ1) is 12.7. The van der Waals surface area contributed by atoms with E-state index in [1.165, 1.54) is 16.5 Å². The smallest absolute Gasteiger partial charge is 0.0835 e. The summed E-state index contributed by atoms with van der Waals surface area (Å²) in [7, 11) is 1.71. The van der Waals surface area contributed by atoms with Crippen LogP contribution in [0.25, 0.3) is 10.9 Å². The van der Waals surface area contributed by atoms with Crippen LogP contribution in [0.2, 0.25) is 0 Å². The Kier molecular flexibility index (Phi) is 4.40. The Hall–Kier alpha value is -1.76. The first-order chi connectivity index (χ1) is 8.86. The third-order valence-electron chi connectivity index (χ3n) is 2.93. The summed E-state index contributed by atoms with van der Waals surface area (Å²) in [5.41, 5.74) is 2.47. The third-order valence-corrected chi connectivity index (χ3v) is 2.93. The topological polar surface area (TPSA) is 26.2 Å². The number of aromatic nitrogens is 1. The summed E-state index contributed by atoms with van der Waals surface area (Å²) >= 11 is 0. The van der Waals surface area contributed by atoms with Gasteiger partial charge in [0.05, 0.1) is 13.2 Å². The number of terminal acetylenes is 1. The van der Waals surface area contributed by atoms with E-state index in [1.807, 2.05) is 6.07 Å². The van der Waals surface area contributed by atoms with E-state index in [4.69, 9.17) is 11.2 Å². The van der Waals surface area contributed by atoms with Gasteiger partial charge in [-0.25, -0.2) is 0 Å². The van der Waals surface area contributed by atoms with Crippen molar-refractivity contribution >= 4 is 10.9 Å². The number of hydrogen-bond acceptors (Lipinski definition) is 2. The molecule has 0 atom stereocenters. The number of hydrogen-bond donors (Lipinski definition) is 1. The lowest BCUT2D eigenvalue weighted by Gasteiger charge is -2.02. The molecule has 2 rings (SSSR count). The molecule has 0 fully saturated rings. The van der Waals surface area contributed by atoms with Crippen LogP contribution in [0.3, 0.4) is 0 Å². The number of methoxy groups -OCH3 is 1. The minimum Gasteiger partial charge on any atom is -0.383 e. The van der Waals surface area contributed by atoms with Gasteiger partial charge in [0.25, 0.3) is 0 Å². The highest BCUT2D eigenvalue weighted by atomic mass is 16.5. The van der Waals surface area contributed by atoms with Crippen molar-refractivity contribution < 1.29 is 4.74 Å². The monoisotopic (exact) mass is 242 g/mol. The van der Waals surface area contributed by atoms with Gasteiger partial charge in [-0.05, 0) is 11.6 Å². The summed E-state index contributed by atoms with van der Waals surface area (Å²) in [4.78, 5) is 0. The molecule has 0 aliphatic rings. The van der Waals surface area contributed by atoms with Gasteiger partial charge in [-0.2, -0.15) is 0 Å². The van der Waals surface area contributed by atoms with Crippen molar-refractivity contribution in [3.05, 3.63) is 36.0 Å². The predicted molar refractivity (Wildman–Crippen MR) is 74.4 cm³/mol. The van der Waals surface area contributed by atoms with Crippen molar-refractivity contribution in [1.82, 2.24) is 9.88 Å². The van der Waals surface area contributed by atoms with Gasteiger partial charge in [0.2, 0.25) is 0 Å². The molecule has 0 saturated heterocycles. The minimum atomic E-state index is 0.610. The highest BCUT2D eigenvalue weighted by Gasteiger charge is 2.06. The lowest BCUT2D eigenvalue weighted by atomic mass is 10.2. The zero-order valence-electron chi connectivity index (χ0n) is 10.6. The first-order valence-electron chi connectivity index (χ1n) is 6.06. The van der Waals surface area contributed by atoms with Crippen molar-refractivity contribution in [1.29, 1.82) is 0 Å². The fourth-order valence-electron chi connectivity index (χ4n) is 2.09. The fourth-order valence-corrected chi connectivity index (χ4v) is 2.09. The highest BCUT2D eigenvalue weighted by molar-refractivity contribution is 5.84. The van der Waals surface area contributed by atoms with E-state index in [0.717, 1.165) is 19.7 Å². The zero-order chi connectivity index (χ0) is 12.8. The van der Waals surface area contributed by atoms with Gasteiger partial charge in [0.15, 0.2) is 0 Å². The standard InChI is InChI=1S/C15H18N2O/c1-3-9-17-12-13(11-16-8-10-18-2)14-6-4-5-7-15(14)17/h1,4-7,12,16H,8-11H2,2H3. The SMILES string of the molecule is C#CCn1cc(CNCCOC)c2ccccc21. The number of rotatable bonds is 6. The van der Waals surface area contributed by atoms with E-state index in [-0.39, 0.29) is 0 Å². The van der Waals surface area contributed by atoms with Crippen LogP contribution in [0.4, 0.5) is 0 Å². The first-order valence-corrected chi connectivity index (χ1v) is 6.06. The molecule has 0 saturated carbocycles. The molecule has 94 valence electrons. The lowest BCUT2D eigenvalue weighted by molar-refractivity contribution is 0.199. The average Bonchev–Trinajstić information content (AvgIpc) is 2.74. The summed E-state index contributed by atoms with van der Waals surface area (Å²) in [6.07, 6.45) is 7.53. The summed E-state index contributed by atoms with van der Waals surface area (Å²) in [6.45, 7) is 3.02. The molecule has 1 aromatic heterocycles. The Morgan fingerprint density at radius 1 is 1.39 bits per heavy atom. The van der Waals surface area contributed by atoms with Crippen LogP contribution in [0, 0.1) is 12.3 Å². The van der Waals surface area contributed by atoms with Crippen LogP contribution in [0.15, 0.2) is 30.5 Å². The van der Waals surface area contributed by atoms with Crippen LogP contribution in [0.1, 0.15) is 5.56 Å². The molecule has 0 aliphatic carbocycles. The molecule has 0 bridgehead atoms. The fraction of sp³-hybridized carbons (Fsp3) is 0.333. The molecule has 1 N–H and O–H groups in total. The van der Waals surface area contributed by atoms with E-state index in [0.29, 0.717) is 6.54 Å². The van der Waals surface area contributed by atoms with Crippen molar-refractivity contribution in [2.24, 2.45) is 0 Å². The van der Waals surface area contributed by atoms with Gasteiger partial charge in [-0.15, -0.1) is 6.42 Å². The molecule has 0 radical (unpaired) electrons. The van der Waals surface area contributed by atoms with Crippen LogP contribution >= 0.6 is 0 Å². The van der Waals surface area contributed by atoms with Crippen molar-refractivity contribution in [2.45, 2.75) is 13.1 Å². The average molecular weight is 242 g/mol. The van der Waals surface area contributed by atoms with E-state index in [2.05, 4.69) is 40.2 Å². The maximum absolute atomic E-state index is 5.40. The van der Waals surface area contributed by atoms with Crippen molar-refractivity contribution in [2.75, 3.05) is 20.3 Å². The predicted octanol–water partition coefficient (Wildman–Crippen LogP) is 2.01. The van der Waals surface area contributed by atoms with Crippen molar-refractivity contribution in [3.63, 3.8) is 0 Å². The molecule has 0 aliphatic heterocycles. The second kappa shape index (κ2) is 6.25. The van der Waals surface area contributed by atoms with E-state index < -0.39 is 0 Å². The van der Waals surface area contributed by atoms with Gasteiger partial charge in [-0.1, -0.05) is 24.1 Å². The summed E-state index contributed by atoms with van der Waals surface area (Å²) in [5, 5.41) is 4.62. The van der Waals surface area contributed by atoms with Gasteiger partial charge in [-0.3, -0.25) is 0 Å². The zero-order valence-corrected chi connectivity index (χ0v) is 10.6. The maximum Gasteiger partial charge on any atom is 0.0835 e. The second-order valence-corrected chi connectivity index (χ2v) is 4.17. The number of ether oxygens (including phenoxy) is 1. The molecule has 18 heavy (non-hydrogen) atoms. The summed E-state index contributed by atoms with van der Waals surface area (Å²) in [6, 6.07) is 8.33. The highest BCUT2D eigenvalue weighted by Crippen LogP contribution is 2.20. The number of nitrogens with zero attached hydrogens (tertiary/aromatic N) is 1. The summed E-state index contributed by atoms with van der Waals surface area (Å²) < 4.78 is 7.13. The molecule has 1 heterocycles. The minimum absolute atomic E-state index is 0.610. The Balaban J connectivity index is 2.19. The Morgan fingerprint density at radius 3 is 3.00 bits per heavy atom. The molecular formula is C15H18N2O. The van der Waals surface area contributed by atoms with Crippen LogP contribution in [0.5, 0.6) is 0 Å².